The summed E-state index contributed by atoms with van der Waals surface area (Å²) in [5.74, 6) is 0.935. The summed E-state index contributed by atoms with van der Waals surface area (Å²) in [4.78, 5) is 13.2. The van der Waals surface area contributed by atoms with E-state index in [9.17, 15) is 4.79 Å². The zero-order chi connectivity index (χ0) is 10.7. The SMILES string of the molecule is CC1CN(C(C)C(N)=O)CCC1CN. The number of primary amides is 1. The summed E-state index contributed by atoms with van der Waals surface area (Å²) in [6.45, 7) is 6.69. The second kappa shape index (κ2) is 4.75. The van der Waals surface area contributed by atoms with Gasteiger partial charge >= 0.3 is 0 Å². The fraction of sp³-hybridized carbons (Fsp3) is 0.900. The maximum atomic E-state index is 11.0. The smallest absolute Gasteiger partial charge is 0.234 e. The molecule has 0 aromatic carbocycles. The quantitative estimate of drug-likeness (QED) is 0.660. The van der Waals surface area contributed by atoms with Crippen LogP contribution in [0, 0.1) is 11.8 Å². The fourth-order valence-corrected chi connectivity index (χ4v) is 2.11. The first-order valence-corrected chi connectivity index (χ1v) is 5.29. The lowest BCUT2D eigenvalue weighted by Crippen LogP contribution is -2.50. The molecule has 0 aliphatic carbocycles. The van der Waals surface area contributed by atoms with Crippen LogP contribution in [-0.2, 0) is 4.79 Å². The number of carbonyl (C=O) groups excluding carboxylic acids is 1. The molecule has 4 N–H and O–H groups in total. The topological polar surface area (TPSA) is 72.3 Å². The molecule has 4 heteroatoms. The molecule has 0 saturated carbocycles. The monoisotopic (exact) mass is 199 g/mol. The van der Waals surface area contributed by atoms with Crippen molar-refractivity contribution in [3.05, 3.63) is 0 Å². The summed E-state index contributed by atoms with van der Waals surface area (Å²) in [6, 6.07) is -0.142. The molecule has 0 spiro atoms. The minimum absolute atomic E-state index is 0.142. The molecular weight excluding hydrogens is 178 g/mol. The number of hydrogen-bond acceptors (Lipinski definition) is 3. The number of hydrogen-bond donors (Lipinski definition) is 2. The van der Waals surface area contributed by atoms with Gasteiger partial charge in [-0.1, -0.05) is 6.92 Å². The Kier molecular flexibility index (Phi) is 3.89. The van der Waals surface area contributed by atoms with Crippen LogP contribution in [0.3, 0.4) is 0 Å². The van der Waals surface area contributed by atoms with Crippen LogP contribution in [0.2, 0.25) is 0 Å². The maximum absolute atomic E-state index is 11.0. The number of nitrogens with two attached hydrogens (primary N) is 2. The van der Waals surface area contributed by atoms with E-state index in [1.165, 1.54) is 0 Å². The average Bonchev–Trinajstić information content (AvgIpc) is 2.16. The van der Waals surface area contributed by atoms with Crippen molar-refractivity contribution in [3.63, 3.8) is 0 Å². The first kappa shape index (κ1) is 11.5. The predicted molar refractivity (Wildman–Crippen MR) is 56.6 cm³/mol. The average molecular weight is 199 g/mol. The van der Waals surface area contributed by atoms with Crippen LogP contribution in [0.1, 0.15) is 20.3 Å². The van der Waals surface area contributed by atoms with Crippen LogP contribution < -0.4 is 11.5 Å². The van der Waals surface area contributed by atoms with Gasteiger partial charge in [0.25, 0.3) is 0 Å². The molecule has 1 amide bonds. The zero-order valence-electron chi connectivity index (χ0n) is 9.07. The Balaban J connectivity index is 2.50. The molecule has 1 heterocycles. The molecular formula is C10H21N3O. The number of carbonyl (C=O) groups is 1. The second-order valence-corrected chi connectivity index (χ2v) is 4.34. The van der Waals surface area contributed by atoms with E-state index in [0.29, 0.717) is 11.8 Å². The van der Waals surface area contributed by atoms with E-state index in [1.807, 2.05) is 6.92 Å². The molecule has 4 nitrogen and oxygen atoms in total. The molecule has 0 bridgehead atoms. The lowest BCUT2D eigenvalue weighted by Gasteiger charge is -2.38. The van der Waals surface area contributed by atoms with Gasteiger partial charge in [0, 0.05) is 6.54 Å². The second-order valence-electron chi connectivity index (χ2n) is 4.34. The Bertz CT molecular complexity index is 208. The van der Waals surface area contributed by atoms with Crippen LogP contribution >= 0.6 is 0 Å². The summed E-state index contributed by atoms with van der Waals surface area (Å²) in [6.07, 6.45) is 1.08. The van der Waals surface area contributed by atoms with Crippen LogP contribution in [0.4, 0.5) is 0 Å². The van der Waals surface area contributed by atoms with Gasteiger partial charge in [0.1, 0.15) is 0 Å². The van der Waals surface area contributed by atoms with Gasteiger partial charge in [-0.2, -0.15) is 0 Å². The third-order valence-electron chi connectivity index (χ3n) is 3.38. The van der Waals surface area contributed by atoms with Crippen molar-refractivity contribution >= 4 is 5.91 Å². The van der Waals surface area contributed by atoms with Crippen molar-refractivity contribution in [2.75, 3.05) is 19.6 Å². The van der Waals surface area contributed by atoms with E-state index in [4.69, 9.17) is 11.5 Å². The van der Waals surface area contributed by atoms with Gasteiger partial charge in [-0.3, -0.25) is 9.69 Å². The van der Waals surface area contributed by atoms with E-state index in [2.05, 4.69) is 11.8 Å². The lowest BCUT2D eigenvalue weighted by molar-refractivity contribution is -0.123. The molecule has 3 atom stereocenters. The van der Waals surface area contributed by atoms with Crippen molar-refractivity contribution < 1.29 is 4.79 Å². The molecule has 1 aliphatic rings. The molecule has 1 saturated heterocycles. The standard InChI is InChI=1S/C10H21N3O/c1-7-6-13(8(2)10(12)14)4-3-9(7)5-11/h7-9H,3-6,11H2,1-2H3,(H2,12,14). The first-order valence-electron chi connectivity index (χ1n) is 5.29. The van der Waals surface area contributed by atoms with Gasteiger partial charge in [-0.25, -0.2) is 0 Å². The Morgan fingerprint density at radius 2 is 2.29 bits per heavy atom. The van der Waals surface area contributed by atoms with Gasteiger partial charge in [0.05, 0.1) is 6.04 Å². The highest BCUT2D eigenvalue weighted by molar-refractivity contribution is 5.79. The molecule has 0 aromatic heterocycles. The number of likely N-dealkylation sites (tertiary alicyclic amines) is 1. The van der Waals surface area contributed by atoms with Gasteiger partial charge in [0.15, 0.2) is 0 Å². The van der Waals surface area contributed by atoms with Gasteiger partial charge in [-0.05, 0) is 38.3 Å². The van der Waals surface area contributed by atoms with Gasteiger partial charge in [0.2, 0.25) is 5.91 Å². The van der Waals surface area contributed by atoms with Crippen molar-refractivity contribution in [1.29, 1.82) is 0 Å². The highest BCUT2D eigenvalue weighted by atomic mass is 16.1. The van der Waals surface area contributed by atoms with Crippen LogP contribution in [0.15, 0.2) is 0 Å². The third kappa shape index (κ3) is 2.45. The van der Waals surface area contributed by atoms with E-state index in [0.717, 1.165) is 26.1 Å². The normalized spacial score (nSPS) is 31.4. The summed E-state index contributed by atoms with van der Waals surface area (Å²) in [5.41, 5.74) is 10.9. The maximum Gasteiger partial charge on any atom is 0.234 e. The minimum Gasteiger partial charge on any atom is -0.368 e. The molecule has 0 radical (unpaired) electrons. The first-order chi connectivity index (χ1) is 6.56. The number of amides is 1. The van der Waals surface area contributed by atoms with Crippen LogP contribution in [-0.4, -0.2) is 36.5 Å². The van der Waals surface area contributed by atoms with E-state index in [-0.39, 0.29) is 11.9 Å². The van der Waals surface area contributed by atoms with Crippen LogP contribution in [0.5, 0.6) is 0 Å². The lowest BCUT2D eigenvalue weighted by atomic mass is 9.86. The third-order valence-corrected chi connectivity index (χ3v) is 3.38. The fourth-order valence-electron chi connectivity index (χ4n) is 2.11. The molecule has 1 aliphatic heterocycles. The summed E-state index contributed by atoms with van der Waals surface area (Å²) in [7, 11) is 0. The zero-order valence-corrected chi connectivity index (χ0v) is 9.07. The van der Waals surface area contributed by atoms with E-state index < -0.39 is 0 Å². The molecule has 1 fully saturated rings. The minimum atomic E-state index is -0.233. The Labute approximate surface area is 85.6 Å². The predicted octanol–water partition coefficient (Wildman–Crippen LogP) is -0.223. The summed E-state index contributed by atoms with van der Waals surface area (Å²) < 4.78 is 0. The van der Waals surface area contributed by atoms with Crippen molar-refractivity contribution in [2.24, 2.45) is 23.3 Å². The van der Waals surface area contributed by atoms with Gasteiger partial charge < -0.3 is 11.5 Å². The Hall–Kier alpha value is -0.610. The van der Waals surface area contributed by atoms with Crippen molar-refractivity contribution in [3.8, 4) is 0 Å². The largest absolute Gasteiger partial charge is 0.368 e. The Morgan fingerprint density at radius 1 is 1.64 bits per heavy atom. The summed E-state index contributed by atoms with van der Waals surface area (Å²) in [5, 5.41) is 0. The van der Waals surface area contributed by atoms with E-state index >= 15 is 0 Å². The van der Waals surface area contributed by atoms with Crippen molar-refractivity contribution in [2.45, 2.75) is 26.3 Å². The highest BCUT2D eigenvalue weighted by Crippen LogP contribution is 2.23. The number of piperidine rings is 1. The van der Waals surface area contributed by atoms with Gasteiger partial charge in [-0.15, -0.1) is 0 Å². The number of nitrogens with zero attached hydrogens (tertiary/aromatic N) is 1. The summed E-state index contributed by atoms with van der Waals surface area (Å²) >= 11 is 0. The molecule has 14 heavy (non-hydrogen) atoms. The van der Waals surface area contributed by atoms with Crippen molar-refractivity contribution in [1.82, 2.24) is 4.90 Å². The molecule has 82 valence electrons. The van der Waals surface area contributed by atoms with Crippen LogP contribution in [0.25, 0.3) is 0 Å². The van der Waals surface area contributed by atoms with E-state index in [1.54, 1.807) is 0 Å². The molecule has 3 unspecified atom stereocenters. The number of rotatable bonds is 3. The molecule has 0 aromatic rings. The Morgan fingerprint density at radius 3 is 2.71 bits per heavy atom. The highest BCUT2D eigenvalue weighted by Gasteiger charge is 2.29. The molecule has 1 rings (SSSR count).